The number of amides is 1. The monoisotopic (exact) mass is 414 g/mol. The zero-order valence-corrected chi connectivity index (χ0v) is 18.3. The number of aryl methyl sites for hydroxylation is 3. The third-order valence-corrected chi connectivity index (χ3v) is 5.71. The molecule has 0 radical (unpaired) electrons. The lowest BCUT2D eigenvalue weighted by molar-refractivity contribution is 0.0929. The van der Waals surface area contributed by atoms with E-state index in [0.717, 1.165) is 29.8 Å². The average molecular weight is 415 g/mol. The maximum absolute atomic E-state index is 12.9. The van der Waals surface area contributed by atoms with Crippen molar-refractivity contribution in [3.05, 3.63) is 68.8 Å². The van der Waals surface area contributed by atoms with E-state index in [9.17, 15) is 4.79 Å². The van der Waals surface area contributed by atoms with Gasteiger partial charge in [0, 0.05) is 5.56 Å². The van der Waals surface area contributed by atoms with Gasteiger partial charge >= 0.3 is 0 Å². The minimum atomic E-state index is -0.269. The fourth-order valence-electron chi connectivity index (χ4n) is 3.34. The first-order chi connectivity index (χ1) is 13.8. The van der Waals surface area contributed by atoms with Crippen LogP contribution in [0.5, 0.6) is 0 Å². The molecule has 0 fully saturated rings. The van der Waals surface area contributed by atoms with E-state index in [0.29, 0.717) is 22.9 Å². The zero-order chi connectivity index (χ0) is 21.1. The van der Waals surface area contributed by atoms with Crippen LogP contribution in [0.1, 0.15) is 70.6 Å². The number of hydrogen-bond donors (Lipinski definition) is 1. The molecule has 0 spiro atoms. The normalized spacial score (nSPS) is 12.2. The molecular formula is C22H27ClN4O2. The van der Waals surface area contributed by atoms with Crippen LogP contribution in [0.15, 0.2) is 28.8 Å². The molecule has 2 heterocycles. The van der Waals surface area contributed by atoms with Crippen LogP contribution >= 0.6 is 11.6 Å². The molecule has 0 bridgehead atoms. The first-order valence-electron chi connectivity index (χ1n) is 9.86. The van der Waals surface area contributed by atoms with Crippen molar-refractivity contribution in [3.8, 4) is 0 Å². The highest BCUT2D eigenvalue weighted by atomic mass is 35.5. The van der Waals surface area contributed by atoms with E-state index in [1.807, 2.05) is 20.8 Å². The Morgan fingerprint density at radius 1 is 1.24 bits per heavy atom. The summed E-state index contributed by atoms with van der Waals surface area (Å²) in [5.74, 6) is 0.324. The van der Waals surface area contributed by atoms with Crippen molar-refractivity contribution in [2.45, 2.75) is 60.0 Å². The van der Waals surface area contributed by atoms with Crippen molar-refractivity contribution in [1.82, 2.24) is 20.3 Å². The van der Waals surface area contributed by atoms with Gasteiger partial charge in [-0.3, -0.25) is 9.48 Å². The highest BCUT2D eigenvalue weighted by Gasteiger charge is 2.23. The van der Waals surface area contributed by atoms with Crippen molar-refractivity contribution >= 4 is 17.5 Å². The van der Waals surface area contributed by atoms with Gasteiger partial charge in [-0.25, -0.2) is 0 Å². The smallest absolute Gasteiger partial charge is 0.274 e. The summed E-state index contributed by atoms with van der Waals surface area (Å²) in [7, 11) is 0. The number of nitrogens with zero attached hydrogens (tertiary/aromatic N) is 3. The summed E-state index contributed by atoms with van der Waals surface area (Å²) in [5, 5.41) is 12.1. The summed E-state index contributed by atoms with van der Waals surface area (Å²) in [6.45, 7) is 10.0. The van der Waals surface area contributed by atoms with E-state index < -0.39 is 0 Å². The van der Waals surface area contributed by atoms with Crippen molar-refractivity contribution in [2.75, 3.05) is 0 Å². The van der Waals surface area contributed by atoms with E-state index in [-0.39, 0.29) is 17.6 Å². The SMILES string of the molecule is CCCc1ccc(C(C)NC(=O)c2noc(C)c2Cn2nc(C)c(Cl)c2C)cc1. The summed E-state index contributed by atoms with van der Waals surface area (Å²) >= 11 is 6.25. The molecule has 0 aliphatic heterocycles. The van der Waals surface area contributed by atoms with Gasteiger partial charge in [-0.1, -0.05) is 54.4 Å². The van der Waals surface area contributed by atoms with Gasteiger partial charge in [-0.15, -0.1) is 0 Å². The van der Waals surface area contributed by atoms with Crippen LogP contribution in [-0.2, 0) is 13.0 Å². The molecule has 0 aliphatic rings. The Bertz CT molecular complexity index is 1000. The second-order valence-electron chi connectivity index (χ2n) is 7.40. The summed E-state index contributed by atoms with van der Waals surface area (Å²) < 4.78 is 7.08. The molecule has 0 aliphatic carbocycles. The molecule has 0 saturated heterocycles. The molecule has 6 nitrogen and oxygen atoms in total. The predicted molar refractivity (Wildman–Crippen MR) is 113 cm³/mol. The lowest BCUT2D eigenvalue weighted by Crippen LogP contribution is -2.28. The van der Waals surface area contributed by atoms with E-state index in [1.54, 1.807) is 11.6 Å². The quantitative estimate of drug-likeness (QED) is 0.594. The predicted octanol–water partition coefficient (Wildman–Crippen LogP) is 4.94. The van der Waals surface area contributed by atoms with E-state index in [2.05, 4.69) is 46.8 Å². The Balaban J connectivity index is 1.76. The van der Waals surface area contributed by atoms with Gasteiger partial charge < -0.3 is 9.84 Å². The number of hydrogen-bond acceptors (Lipinski definition) is 4. The van der Waals surface area contributed by atoms with Crippen LogP contribution in [0.25, 0.3) is 0 Å². The first-order valence-corrected chi connectivity index (χ1v) is 10.2. The van der Waals surface area contributed by atoms with Crippen molar-refractivity contribution in [1.29, 1.82) is 0 Å². The first kappa shape index (κ1) is 21.1. The Hall–Kier alpha value is -2.60. The van der Waals surface area contributed by atoms with Gasteiger partial charge in [-0.2, -0.15) is 5.10 Å². The summed E-state index contributed by atoms with van der Waals surface area (Å²) in [5.41, 5.74) is 4.93. The molecule has 3 rings (SSSR count). The van der Waals surface area contributed by atoms with Crippen LogP contribution in [0.2, 0.25) is 5.02 Å². The molecule has 1 unspecified atom stereocenters. The van der Waals surface area contributed by atoms with Crippen LogP contribution in [0.4, 0.5) is 0 Å². The maximum Gasteiger partial charge on any atom is 0.274 e. The third-order valence-electron chi connectivity index (χ3n) is 5.17. The number of carbonyl (C=O) groups excluding carboxylic acids is 1. The molecule has 2 aromatic heterocycles. The largest absolute Gasteiger partial charge is 0.361 e. The molecular weight excluding hydrogens is 388 g/mol. The molecule has 1 aromatic carbocycles. The highest BCUT2D eigenvalue weighted by Crippen LogP contribution is 2.23. The van der Waals surface area contributed by atoms with E-state index in [4.69, 9.17) is 16.1 Å². The van der Waals surface area contributed by atoms with Crippen molar-refractivity contribution in [3.63, 3.8) is 0 Å². The molecule has 0 saturated carbocycles. The summed E-state index contributed by atoms with van der Waals surface area (Å²) in [6.07, 6.45) is 2.17. The third kappa shape index (κ3) is 4.53. The van der Waals surface area contributed by atoms with Crippen molar-refractivity contribution < 1.29 is 9.32 Å². The minimum Gasteiger partial charge on any atom is -0.361 e. The van der Waals surface area contributed by atoms with Gasteiger partial charge in [0.15, 0.2) is 5.69 Å². The molecule has 154 valence electrons. The van der Waals surface area contributed by atoms with Crippen LogP contribution < -0.4 is 5.32 Å². The summed E-state index contributed by atoms with van der Waals surface area (Å²) in [6, 6.07) is 8.19. The number of benzene rings is 1. The Kier molecular flexibility index (Phi) is 6.42. The molecule has 1 atom stereocenters. The lowest BCUT2D eigenvalue weighted by Gasteiger charge is -2.14. The number of carbonyl (C=O) groups is 1. The summed E-state index contributed by atoms with van der Waals surface area (Å²) in [4.78, 5) is 12.9. The van der Waals surface area contributed by atoms with Gasteiger partial charge in [0.2, 0.25) is 0 Å². The Morgan fingerprint density at radius 3 is 2.52 bits per heavy atom. The Labute approximate surface area is 176 Å². The van der Waals surface area contributed by atoms with Gasteiger partial charge in [0.25, 0.3) is 5.91 Å². The topological polar surface area (TPSA) is 73.0 Å². The fraction of sp³-hybridized carbons (Fsp3) is 0.409. The fourth-order valence-corrected chi connectivity index (χ4v) is 3.48. The number of nitrogens with one attached hydrogen (secondary N) is 1. The van der Waals surface area contributed by atoms with Gasteiger partial charge in [0.05, 0.1) is 29.0 Å². The average Bonchev–Trinajstić information content (AvgIpc) is 3.18. The van der Waals surface area contributed by atoms with Crippen LogP contribution in [0, 0.1) is 20.8 Å². The molecule has 7 heteroatoms. The standard InChI is InChI=1S/C22H27ClN4O2/c1-6-7-17-8-10-18(11-9-17)13(2)24-22(28)21-19(16(5)29-26-21)12-27-15(4)20(23)14(3)25-27/h8-11,13H,6-7,12H2,1-5H3,(H,24,28). The van der Waals surface area contributed by atoms with Gasteiger partial charge in [0.1, 0.15) is 5.76 Å². The highest BCUT2D eigenvalue weighted by molar-refractivity contribution is 6.31. The molecule has 1 amide bonds. The molecule has 29 heavy (non-hydrogen) atoms. The molecule has 3 aromatic rings. The molecule has 1 N–H and O–H groups in total. The van der Waals surface area contributed by atoms with Crippen molar-refractivity contribution in [2.24, 2.45) is 0 Å². The number of aromatic nitrogens is 3. The van der Waals surface area contributed by atoms with E-state index in [1.165, 1.54) is 5.56 Å². The lowest BCUT2D eigenvalue weighted by atomic mass is 10.0. The van der Waals surface area contributed by atoms with Gasteiger partial charge in [-0.05, 0) is 45.2 Å². The van der Waals surface area contributed by atoms with E-state index >= 15 is 0 Å². The maximum atomic E-state index is 12.9. The Morgan fingerprint density at radius 2 is 1.93 bits per heavy atom. The number of rotatable bonds is 7. The second kappa shape index (κ2) is 8.82. The zero-order valence-electron chi connectivity index (χ0n) is 17.5. The second-order valence-corrected chi connectivity index (χ2v) is 7.77. The van der Waals surface area contributed by atoms with Crippen LogP contribution in [-0.4, -0.2) is 20.8 Å². The minimum absolute atomic E-state index is 0.147. The van der Waals surface area contributed by atoms with Crippen LogP contribution in [0.3, 0.4) is 0 Å². The number of halogens is 1.